The summed E-state index contributed by atoms with van der Waals surface area (Å²) >= 11 is 0. The molecule has 2 fully saturated rings. The summed E-state index contributed by atoms with van der Waals surface area (Å²) in [5.74, 6) is -0.394. The zero-order valence-corrected chi connectivity index (χ0v) is 17.9. The van der Waals surface area contributed by atoms with Crippen LogP contribution in [0.2, 0.25) is 0 Å². The molecule has 0 saturated carbocycles. The van der Waals surface area contributed by atoms with Crippen LogP contribution in [0.15, 0.2) is 23.1 Å². The average Bonchev–Trinajstić information content (AvgIpc) is 3.13. The van der Waals surface area contributed by atoms with E-state index in [9.17, 15) is 13.2 Å². The molecule has 0 aliphatic carbocycles. The highest BCUT2D eigenvalue weighted by atomic mass is 32.2. The molecule has 1 aromatic heterocycles. The zero-order chi connectivity index (χ0) is 20.9. The number of amides is 1. The first kappa shape index (κ1) is 19.7. The smallest absolute Gasteiger partial charge is 0.274 e. The fourth-order valence-corrected chi connectivity index (χ4v) is 6.66. The minimum atomic E-state index is -3.55. The second-order valence-electron chi connectivity index (χ2n) is 8.24. The molecule has 3 aliphatic rings. The number of sulfone groups is 1. The SMILES string of the molecule is Cc1cccc2c1S(=O)(=O)Cc1c(C(=O)N3CCOCC3)nn(C3CCCNC3)c1-2. The molecule has 1 N–H and O–H groups in total. The summed E-state index contributed by atoms with van der Waals surface area (Å²) in [6.45, 7) is 5.51. The van der Waals surface area contributed by atoms with Gasteiger partial charge in [-0.3, -0.25) is 9.48 Å². The third-order valence-corrected chi connectivity index (χ3v) is 8.07. The van der Waals surface area contributed by atoms with Crippen molar-refractivity contribution < 1.29 is 17.9 Å². The first-order valence-corrected chi connectivity index (χ1v) is 12.1. The van der Waals surface area contributed by atoms with Gasteiger partial charge in [-0.15, -0.1) is 0 Å². The van der Waals surface area contributed by atoms with Crippen molar-refractivity contribution >= 4 is 15.7 Å². The molecule has 5 rings (SSSR count). The molecule has 1 amide bonds. The van der Waals surface area contributed by atoms with E-state index < -0.39 is 9.84 Å². The molecule has 1 unspecified atom stereocenters. The minimum Gasteiger partial charge on any atom is -0.378 e. The Balaban J connectivity index is 1.71. The largest absolute Gasteiger partial charge is 0.378 e. The van der Waals surface area contributed by atoms with Gasteiger partial charge < -0.3 is 15.0 Å². The van der Waals surface area contributed by atoms with E-state index in [1.807, 2.05) is 29.8 Å². The van der Waals surface area contributed by atoms with Crippen LogP contribution in [0.1, 0.15) is 40.5 Å². The molecule has 2 aromatic rings. The van der Waals surface area contributed by atoms with Gasteiger partial charge in [0.25, 0.3) is 5.91 Å². The molecule has 160 valence electrons. The van der Waals surface area contributed by atoms with Crippen molar-refractivity contribution in [1.82, 2.24) is 20.0 Å². The Morgan fingerprint density at radius 2 is 2.07 bits per heavy atom. The Morgan fingerprint density at radius 3 is 2.80 bits per heavy atom. The third-order valence-electron chi connectivity index (χ3n) is 6.24. The second kappa shape index (κ2) is 7.47. The number of nitrogens with one attached hydrogen (secondary N) is 1. The maximum absolute atomic E-state index is 13.3. The molecule has 8 nitrogen and oxygen atoms in total. The highest BCUT2D eigenvalue weighted by Crippen LogP contribution is 2.42. The van der Waals surface area contributed by atoms with Gasteiger partial charge in [0.2, 0.25) is 0 Å². The van der Waals surface area contributed by atoms with Crippen LogP contribution in [0.5, 0.6) is 0 Å². The molecular weight excluding hydrogens is 404 g/mol. The number of hydrogen-bond donors (Lipinski definition) is 1. The topological polar surface area (TPSA) is 93.5 Å². The van der Waals surface area contributed by atoms with E-state index in [-0.39, 0.29) is 23.4 Å². The lowest BCUT2D eigenvalue weighted by molar-refractivity contribution is 0.0297. The normalized spacial score (nSPS) is 23.0. The molecule has 1 atom stereocenters. The predicted molar refractivity (Wildman–Crippen MR) is 111 cm³/mol. The van der Waals surface area contributed by atoms with E-state index in [1.54, 1.807) is 4.90 Å². The minimum absolute atomic E-state index is 0.0907. The van der Waals surface area contributed by atoms with Crippen molar-refractivity contribution in [3.05, 3.63) is 35.0 Å². The quantitative estimate of drug-likeness (QED) is 0.777. The number of nitrogens with zero attached hydrogens (tertiary/aromatic N) is 3. The molecule has 9 heteroatoms. The molecule has 0 spiro atoms. The van der Waals surface area contributed by atoms with Crippen molar-refractivity contribution in [3.8, 4) is 11.3 Å². The predicted octanol–water partition coefficient (Wildman–Crippen LogP) is 1.54. The molecular formula is C21H26N4O4S. The van der Waals surface area contributed by atoms with E-state index in [2.05, 4.69) is 5.32 Å². The molecule has 0 bridgehead atoms. The van der Waals surface area contributed by atoms with Gasteiger partial charge in [0.15, 0.2) is 15.5 Å². The number of aryl methyl sites for hydroxylation is 1. The number of benzene rings is 1. The third kappa shape index (κ3) is 3.16. The fourth-order valence-electron chi connectivity index (χ4n) is 4.80. The summed E-state index contributed by atoms with van der Waals surface area (Å²) < 4.78 is 33.7. The Labute approximate surface area is 176 Å². The van der Waals surface area contributed by atoms with Gasteiger partial charge in [-0.05, 0) is 31.9 Å². The van der Waals surface area contributed by atoms with Crippen LogP contribution in [0.3, 0.4) is 0 Å². The number of aromatic nitrogens is 2. The zero-order valence-electron chi connectivity index (χ0n) is 17.1. The van der Waals surface area contributed by atoms with E-state index in [0.29, 0.717) is 42.3 Å². The summed E-state index contributed by atoms with van der Waals surface area (Å²) in [4.78, 5) is 15.4. The van der Waals surface area contributed by atoms with E-state index >= 15 is 0 Å². The number of carbonyl (C=O) groups excluding carboxylic acids is 1. The first-order valence-electron chi connectivity index (χ1n) is 10.5. The van der Waals surface area contributed by atoms with Gasteiger partial charge in [-0.1, -0.05) is 18.2 Å². The second-order valence-corrected chi connectivity index (χ2v) is 10.2. The number of carbonyl (C=O) groups is 1. The summed E-state index contributed by atoms with van der Waals surface area (Å²) in [7, 11) is -3.55. The van der Waals surface area contributed by atoms with Crippen molar-refractivity contribution in [3.63, 3.8) is 0 Å². The number of fused-ring (bicyclic) bond motifs is 3. The average molecular weight is 431 g/mol. The lowest BCUT2D eigenvalue weighted by atomic mass is 10.0. The number of ether oxygens (including phenoxy) is 1. The molecule has 0 radical (unpaired) electrons. The van der Waals surface area contributed by atoms with E-state index in [0.717, 1.165) is 37.2 Å². The highest BCUT2D eigenvalue weighted by Gasteiger charge is 2.39. The highest BCUT2D eigenvalue weighted by molar-refractivity contribution is 7.91. The van der Waals surface area contributed by atoms with Crippen LogP contribution in [0.4, 0.5) is 0 Å². The molecule has 3 aliphatic heterocycles. The fraction of sp³-hybridized carbons (Fsp3) is 0.524. The van der Waals surface area contributed by atoms with Crippen molar-refractivity contribution in [2.45, 2.75) is 36.5 Å². The van der Waals surface area contributed by atoms with Crippen LogP contribution < -0.4 is 5.32 Å². The summed E-state index contributed by atoms with van der Waals surface area (Å²) in [5, 5.41) is 8.17. The number of rotatable bonds is 2. The van der Waals surface area contributed by atoms with Crippen molar-refractivity contribution in [2.24, 2.45) is 0 Å². The standard InChI is InChI=1S/C21H26N4O4S/c1-14-4-2-6-16-19-17(13-30(27,28)20(14)16)18(21(26)24-8-10-29-11-9-24)23-25(19)15-5-3-7-22-12-15/h2,4,6,15,22H,3,5,7-13H2,1H3. The summed E-state index contributed by atoms with van der Waals surface area (Å²) in [5.41, 5.74) is 2.99. The van der Waals surface area contributed by atoms with Gasteiger partial charge in [0.05, 0.1) is 35.6 Å². The van der Waals surface area contributed by atoms with Crippen LogP contribution in [-0.2, 0) is 20.3 Å². The molecule has 30 heavy (non-hydrogen) atoms. The van der Waals surface area contributed by atoms with Crippen LogP contribution >= 0.6 is 0 Å². The molecule has 4 heterocycles. The number of morpholine rings is 1. The Bertz CT molecular complexity index is 1100. The van der Waals surface area contributed by atoms with E-state index in [4.69, 9.17) is 9.84 Å². The van der Waals surface area contributed by atoms with Gasteiger partial charge in [-0.2, -0.15) is 5.10 Å². The van der Waals surface area contributed by atoms with E-state index in [1.165, 1.54) is 0 Å². The van der Waals surface area contributed by atoms with Gasteiger partial charge >= 0.3 is 0 Å². The van der Waals surface area contributed by atoms with Gasteiger partial charge in [0.1, 0.15) is 0 Å². The van der Waals surface area contributed by atoms with Gasteiger partial charge in [0, 0.05) is 30.8 Å². The Kier molecular flexibility index (Phi) is 4.91. The maximum Gasteiger partial charge on any atom is 0.274 e. The summed E-state index contributed by atoms with van der Waals surface area (Å²) in [6, 6.07) is 5.63. The number of hydrogen-bond acceptors (Lipinski definition) is 6. The first-order chi connectivity index (χ1) is 14.5. The Hall–Kier alpha value is -2.23. The number of piperidine rings is 1. The van der Waals surface area contributed by atoms with Crippen LogP contribution in [0, 0.1) is 6.92 Å². The maximum atomic E-state index is 13.3. The Morgan fingerprint density at radius 1 is 1.27 bits per heavy atom. The molecule has 2 saturated heterocycles. The summed E-state index contributed by atoms with van der Waals surface area (Å²) in [6.07, 6.45) is 1.96. The van der Waals surface area contributed by atoms with Crippen molar-refractivity contribution in [2.75, 3.05) is 39.4 Å². The lowest BCUT2D eigenvalue weighted by Crippen LogP contribution is -2.41. The molecule has 1 aromatic carbocycles. The lowest BCUT2D eigenvalue weighted by Gasteiger charge is -2.27. The van der Waals surface area contributed by atoms with Crippen LogP contribution in [-0.4, -0.2) is 68.4 Å². The van der Waals surface area contributed by atoms with Crippen molar-refractivity contribution in [1.29, 1.82) is 0 Å². The van der Waals surface area contributed by atoms with Gasteiger partial charge in [-0.25, -0.2) is 8.42 Å². The van der Waals surface area contributed by atoms with Crippen LogP contribution in [0.25, 0.3) is 11.3 Å². The monoisotopic (exact) mass is 430 g/mol.